The van der Waals surface area contributed by atoms with Crippen LogP contribution in [0, 0.1) is 0 Å². The van der Waals surface area contributed by atoms with Gasteiger partial charge in [-0.1, -0.05) is 0 Å². The van der Waals surface area contributed by atoms with Gasteiger partial charge in [0.2, 0.25) is 5.91 Å². The van der Waals surface area contributed by atoms with E-state index in [-0.39, 0.29) is 12.0 Å². The maximum absolute atomic E-state index is 11.8. The summed E-state index contributed by atoms with van der Waals surface area (Å²) < 4.78 is 5.55. The van der Waals surface area contributed by atoms with Gasteiger partial charge in [0, 0.05) is 30.1 Å². The number of nitrogens with one attached hydrogen (secondary N) is 1. The fraction of sp³-hybridized carbons (Fsp3) is 0.333. The summed E-state index contributed by atoms with van der Waals surface area (Å²) in [6.45, 7) is 3.96. The minimum absolute atomic E-state index is 0.00210. The Labute approximate surface area is 122 Å². The summed E-state index contributed by atoms with van der Waals surface area (Å²) in [5, 5.41) is 5.77. The first-order valence-electron chi connectivity index (χ1n) is 6.58. The highest BCUT2D eigenvalue weighted by atomic mass is 32.1. The molecule has 1 aromatic carbocycles. The van der Waals surface area contributed by atoms with Crippen molar-refractivity contribution in [2.24, 2.45) is 0 Å². The molecule has 1 heterocycles. The summed E-state index contributed by atoms with van der Waals surface area (Å²) in [4.78, 5) is 16.0. The molecule has 0 aliphatic rings. The van der Waals surface area contributed by atoms with Gasteiger partial charge < -0.3 is 10.1 Å². The smallest absolute Gasteiger partial charge is 0.224 e. The molecule has 0 saturated carbocycles. The van der Waals surface area contributed by atoms with Gasteiger partial charge in [-0.2, -0.15) is 0 Å². The van der Waals surface area contributed by atoms with Gasteiger partial charge in [-0.25, -0.2) is 4.98 Å². The van der Waals surface area contributed by atoms with Crippen molar-refractivity contribution in [1.82, 2.24) is 4.98 Å². The number of ether oxygens (including phenoxy) is 1. The molecule has 0 fully saturated rings. The molecule has 0 saturated heterocycles. The maximum atomic E-state index is 11.8. The van der Waals surface area contributed by atoms with Gasteiger partial charge in [0.25, 0.3) is 0 Å². The molecule has 1 amide bonds. The summed E-state index contributed by atoms with van der Waals surface area (Å²) in [7, 11) is 0. The molecule has 0 bridgehead atoms. The number of aryl methyl sites for hydroxylation is 1. The Bertz CT molecular complexity index is 536. The van der Waals surface area contributed by atoms with Crippen LogP contribution in [0.3, 0.4) is 0 Å². The Morgan fingerprint density at radius 3 is 2.70 bits per heavy atom. The van der Waals surface area contributed by atoms with E-state index in [0.717, 1.165) is 16.4 Å². The van der Waals surface area contributed by atoms with Crippen LogP contribution < -0.4 is 10.1 Å². The molecule has 1 aromatic heterocycles. The zero-order chi connectivity index (χ0) is 14.4. The van der Waals surface area contributed by atoms with Gasteiger partial charge in [0.15, 0.2) is 0 Å². The second-order valence-electron chi connectivity index (χ2n) is 4.67. The Balaban J connectivity index is 1.81. The van der Waals surface area contributed by atoms with Gasteiger partial charge in [-0.3, -0.25) is 4.79 Å². The number of carbonyl (C=O) groups excluding carboxylic acids is 1. The lowest BCUT2D eigenvalue weighted by Gasteiger charge is -2.10. The zero-order valence-electron chi connectivity index (χ0n) is 11.6. The average Bonchev–Trinajstić information content (AvgIpc) is 2.91. The van der Waals surface area contributed by atoms with Gasteiger partial charge in [-0.05, 0) is 38.1 Å². The van der Waals surface area contributed by atoms with Crippen LogP contribution in [0.5, 0.6) is 5.75 Å². The van der Waals surface area contributed by atoms with Gasteiger partial charge in [0.1, 0.15) is 5.75 Å². The number of thiazole rings is 1. The van der Waals surface area contributed by atoms with Crippen LogP contribution in [-0.2, 0) is 11.2 Å². The molecule has 2 aromatic rings. The SMILES string of the molecule is CC(C)Oc1ccc(NC(=O)CCc2nccs2)cc1. The Kier molecular flexibility index (Phi) is 5.12. The van der Waals surface area contributed by atoms with Crippen molar-refractivity contribution in [2.75, 3.05) is 5.32 Å². The van der Waals surface area contributed by atoms with Crippen LogP contribution in [0.15, 0.2) is 35.8 Å². The highest BCUT2D eigenvalue weighted by Gasteiger charge is 2.05. The zero-order valence-corrected chi connectivity index (χ0v) is 12.4. The number of benzene rings is 1. The number of carbonyl (C=O) groups is 1. The molecule has 0 atom stereocenters. The number of hydrogen-bond donors (Lipinski definition) is 1. The predicted octanol–water partition coefficient (Wildman–Crippen LogP) is 3.50. The maximum Gasteiger partial charge on any atom is 0.224 e. The third-order valence-corrected chi connectivity index (χ3v) is 3.40. The van der Waals surface area contributed by atoms with Gasteiger partial charge in [0.05, 0.1) is 11.1 Å². The topological polar surface area (TPSA) is 51.2 Å². The van der Waals surface area contributed by atoms with Crippen molar-refractivity contribution in [1.29, 1.82) is 0 Å². The van der Waals surface area contributed by atoms with E-state index in [2.05, 4.69) is 10.3 Å². The van der Waals surface area contributed by atoms with Crippen LogP contribution in [0.1, 0.15) is 25.3 Å². The van der Waals surface area contributed by atoms with Crippen molar-refractivity contribution >= 4 is 22.9 Å². The monoisotopic (exact) mass is 290 g/mol. The molecule has 0 radical (unpaired) electrons. The lowest BCUT2D eigenvalue weighted by Crippen LogP contribution is -2.12. The van der Waals surface area contributed by atoms with E-state index in [1.54, 1.807) is 17.5 Å². The Morgan fingerprint density at radius 1 is 1.35 bits per heavy atom. The second-order valence-corrected chi connectivity index (χ2v) is 5.64. The van der Waals surface area contributed by atoms with E-state index in [4.69, 9.17) is 4.74 Å². The van der Waals surface area contributed by atoms with E-state index in [0.29, 0.717) is 12.8 Å². The normalized spacial score (nSPS) is 10.6. The average molecular weight is 290 g/mol. The molecule has 2 rings (SSSR count). The molecule has 5 heteroatoms. The molecule has 0 unspecified atom stereocenters. The van der Waals surface area contributed by atoms with Crippen LogP contribution in [0.4, 0.5) is 5.69 Å². The quantitative estimate of drug-likeness (QED) is 0.886. The molecule has 1 N–H and O–H groups in total. The molecule has 0 spiro atoms. The van der Waals surface area contributed by atoms with Crippen molar-refractivity contribution in [3.8, 4) is 5.75 Å². The summed E-state index contributed by atoms with van der Waals surface area (Å²) in [5.41, 5.74) is 0.783. The highest BCUT2D eigenvalue weighted by Crippen LogP contribution is 2.17. The first kappa shape index (κ1) is 14.5. The lowest BCUT2D eigenvalue weighted by molar-refractivity contribution is -0.116. The third kappa shape index (κ3) is 4.66. The van der Waals surface area contributed by atoms with Crippen LogP contribution >= 0.6 is 11.3 Å². The lowest BCUT2D eigenvalue weighted by atomic mass is 10.2. The number of hydrogen-bond acceptors (Lipinski definition) is 4. The standard InChI is InChI=1S/C15H18N2O2S/c1-11(2)19-13-5-3-12(4-6-13)17-14(18)7-8-15-16-9-10-20-15/h3-6,9-11H,7-8H2,1-2H3,(H,17,18). The van der Waals surface area contributed by atoms with E-state index >= 15 is 0 Å². The van der Waals surface area contributed by atoms with E-state index in [1.165, 1.54) is 0 Å². The molecular weight excluding hydrogens is 272 g/mol. The van der Waals surface area contributed by atoms with Crippen molar-refractivity contribution in [3.63, 3.8) is 0 Å². The highest BCUT2D eigenvalue weighted by molar-refractivity contribution is 7.09. The second kappa shape index (κ2) is 7.05. The van der Waals surface area contributed by atoms with Crippen LogP contribution in [0.2, 0.25) is 0 Å². The molecule has 20 heavy (non-hydrogen) atoms. The van der Waals surface area contributed by atoms with Crippen LogP contribution in [0.25, 0.3) is 0 Å². The summed E-state index contributed by atoms with van der Waals surface area (Å²) in [5.74, 6) is 0.804. The largest absolute Gasteiger partial charge is 0.491 e. The number of nitrogens with zero attached hydrogens (tertiary/aromatic N) is 1. The third-order valence-electron chi connectivity index (χ3n) is 2.56. The van der Waals surface area contributed by atoms with E-state index < -0.39 is 0 Å². The van der Waals surface area contributed by atoms with E-state index in [9.17, 15) is 4.79 Å². The first-order valence-corrected chi connectivity index (χ1v) is 7.46. The van der Waals surface area contributed by atoms with Crippen molar-refractivity contribution in [2.45, 2.75) is 32.8 Å². The van der Waals surface area contributed by atoms with Crippen molar-refractivity contribution in [3.05, 3.63) is 40.8 Å². The number of rotatable bonds is 6. The number of aromatic nitrogens is 1. The molecular formula is C15H18N2O2S. The Morgan fingerprint density at radius 2 is 2.10 bits per heavy atom. The molecule has 0 aliphatic heterocycles. The summed E-state index contributed by atoms with van der Waals surface area (Å²) >= 11 is 1.57. The van der Waals surface area contributed by atoms with Crippen LogP contribution in [-0.4, -0.2) is 17.0 Å². The van der Waals surface area contributed by atoms with E-state index in [1.807, 2.05) is 43.5 Å². The van der Waals surface area contributed by atoms with Gasteiger partial charge >= 0.3 is 0 Å². The first-order chi connectivity index (χ1) is 9.63. The Hall–Kier alpha value is -1.88. The minimum atomic E-state index is -0.00210. The number of anilines is 1. The molecule has 4 nitrogen and oxygen atoms in total. The predicted molar refractivity (Wildman–Crippen MR) is 81.3 cm³/mol. The van der Waals surface area contributed by atoms with Crippen molar-refractivity contribution < 1.29 is 9.53 Å². The summed E-state index contributed by atoms with van der Waals surface area (Å²) in [6.07, 6.45) is 3.02. The molecule has 0 aliphatic carbocycles. The van der Waals surface area contributed by atoms with Gasteiger partial charge in [-0.15, -0.1) is 11.3 Å². The minimum Gasteiger partial charge on any atom is -0.491 e. The number of amides is 1. The molecule has 106 valence electrons. The summed E-state index contributed by atoms with van der Waals surface area (Å²) in [6, 6.07) is 7.41. The fourth-order valence-corrected chi connectivity index (χ4v) is 2.33. The fourth-order valence-electron chi connectivity index (χ4n) is 1.71.